The highest BCUT2D eigenvalue weighted by Gasteiger charge is 2.30. The Morgan fingerprint density at radius 3 is 2.50 bits per heavy atom. The summed E-state index contributed by atoms with van der Waals surface area (Å²) < 4.78 is 0. The minimum absolute atomic E-state index is 0.128. The van der Waals surface area contributed by atoms with Crippen molar-refractivity contribution in [2.75, 3.05) is 11.9 Å². The van der Waals surface area contributed by atoms with Crippen LogP contribution >= 0.6 is 0 Å². The molecular formula is C16H13N3O. The van der Waals surface area contributed by atoms with Crippen molar-refractivity contribution in [1.82, 2.24) is 0 Å². The first-order chi connectivity index (χ1) is 9.77. The van der Waals surface area contributed by atoms with Gasteiger partial charge in [-0.1, -0.05) is 48.5 Å². The van der Waals surface area contributed by atoms with E-state index in [1.54, 1.807) is 18.2 Å². The van der Waals surface area contributed by atoms with Gasteiger partial charge in [0.25, 0.3) is 5.91 Å². The number of anilines is 1. The van der Waals surface area contributed by atoms with E-state index in [2.05, 4.69) is 10.2 Å². The van der Waals surface area contributed by atoms with Gasteiger partial charge < -0.3 is 4.90 Å². The van der Waals surface area contributed by atoms with Crippen molar-refractivity contribution in [3.05, 3.63) is 65.7 Å². The molecule has 4 nitrogen and oxygen atoms in total. The first-order valence-corrected chi connectivity index (χ1v) is 6.31. The largest absolute Gasteiger partial charge is 0.309 e. The van der Waals surface area contributed by atoms with Crippen molar-refractivity contribution < 1.29 is 4.79 Å². The number of nitrogens with zero attached hydrogens (tertiary/aromatic N) is 3. The summed E-state index contributed by atoms with van der Waals surface area (Å²) in [7, 11) is 1.74. The molecule has 0 bridgehead atoms. The molecule has 0 saturated carbocycles. The van der Waals surface area contributed by atoms with Crippen molar-refractivity contribution in [3.8, 4) is 0 Å². The molecule has 1 heterocycles. The quantitative estimate of drug-likeness (QED) is 0.606. The van der Waals surface area contributed by atoms with E-state index in [0.29, 0.717) is 5.71 Å². The first-order valence-electron chi connectivity index (χ1n) is 6.31. The van der Waals surface area contributed by atoms with E-state index in [0.717, 1.165) is 16.8 Å². The number of hydrogen-bond donors (Lipinski definition) is 0. The molecule has 4 heteroatoms. The lowest BCUT2D eigenvalue weighted by Gasteiger charge is -2.07. The van der Waals surface area contributed by atoms with Crippen LogP contribution < -0.4 is 4.90 Å². The van der Waals surface area contributed by atoms with Gasteiger partial charge in [-0.25, -0.2) is 0 Å². The molecule has 1 amide bonds. The molecule has 0 aromatic heterocycles. The summed E-state index contributed by atoms with van der Waals surface area (Å²) in [5.41, 5.74) is 3.02. The Morgan fingerprint density at radius 1 is 1.00 bits per heavy atom. The Kier molecular flexibility index (Phi) is 3.13. The molecule has 0 N–H and O–H groups in total. The van der Waals surface area contributed by atoms with Crippen LogP contribution in [0.15, 0.2) is 64.8 Å². The lowest BCUT2D eigenvalue weighted by molar-refractivity contribution is -0.111. The minimum Gasteiger partial charge on any atom is -0.309 e. The molecule has 0 radical (unpaired) electrons. The van der Waals surface area contributed by atoms with Crippen LogP contribution in [-0.4, -0.2) is 24.9 Å². The van der Waals surface area contributed by atoms with Crippen molar-refractivity contribution in [2.24, 2.45) is 10.2 Å². The highest BCUT2D eigenvalue weighted by Crippen LogP contribution is 2.27. The summed E-state index contributed by atoms with van der Waals surface area (Å²) in [6.07, 6.45) is 1.64. The van der Waals surface area contributed by atoms with E-state index in [-0.39, 0.29) is 5.91 Å². The summed E-state index contributed by atoms with van der Waals surface area (Å²) in [5.74, 6) is -0.128. The minimum atomic E-state index is -0.128. The van der Waals surface area contributed by atoms with Gasteiger partial charge in [0.05, 0.1) is 11.9 Å². The fraction of sp³-hybridized carbons (Fsp3) is 0.0625. The smallest absolute Gasteiger partial charge is 0.279 e. The van der Waals surface area contributed by atoms with Gasteiger partial charge in [0, 0.05) is 12.6 Å². The van der Waals surface area contributed by atoms with E-state index < -0.39 is 0 Å². The molecule has 20 heavy (non-hydrogen) atoms. The lowest BCUT2D eigenvalue weighted by Crippen LogP contribution is -2.25. The number of amides is 1. The van der Waals surface area contributed by atoms with Crippen LogP contribution in [-0.2, 0) is 4.79 Å². The summed E-state index contributed by atoms with van der Waals surface area (Å²) in [5, 5.41) is 8.11. The number of fused-ring (bicyclic) bond motifs is 1. The summed E-state index contributed by atoms with van der Waals surface area (Å²) >= 11 is 0. The fourth-order valence-corrected chi connectivity index (χ4v) is 2.14. The third-order valence-electron chi connectivity index (χ3n) is 3.19. The third-order valence-corrected chi connectivity index (χ3v) is 3.19. The molecule has 0 spiro atoms. The van der Waals surface area contributed by atoms with E-state index >= 15 is 0 Å². The summed E-state index contributed by atoms with van der Waals surface area (Å²) in [6, 6.07) is 17.2. The molecule has 0 unspecified atom stereocenters. The zero-order valence-electron chi connectivity index (χ0n) is 11.0. The molecule has 1 aliphatic rings. The maximum absolute atomic E-state index is 12.1. The zero-order valence-corrected chi connectivity index (χ0v) is 11.0. The molecular weight excluding hydrogens is 250 g/mol. The normalized spacial score (nSPS) is 16.1. The number of carbonyl (C=O) groups excluding carboxylic acids is 1. The number of benzene rings is 2. The Balaban J connectivity index is 1.93. The Morgan fingerprint density at radius 2 is 1.70 bits per heavy atom. The average Bonchev–Trinajstić information content (AvgIpc) is 2.74. The van der Waals surface area contributed by atoms with Crippen molar-refractivity contribution >= 4 is 23.5 Å². The Hall–Kier alpha value is -2.75. The molecule has 0 fully saturated rings. The molecule has 0 aliphatic carbocycles. The highest BCUT2D eigenvalue weighted by atomic mass is 16.2. The molecule has 3 rings (SSSR count). The Bertz CT molecular complexity index is 705. The molecule has 2 aromatic rings. The number of hydrogen-bond acceptors (Lipinski definition) is 3. The topological polar surface area (TPSA) is 45.0 Å². The van der Waals surface area contributed by atoms with Crippen LogP contribution in [0.2, 0.25) is 0 Å². The van der Waals surface area contributed by atoms with Crippen LogP contribution in [0.25, 0.3) is 0 Å². The van der Waals surface area contributed by atoms with Gasteiger partial charge in [-0.05, 0) is 11.6 Å². The number of rotatable bonds is 2. The predicted octanol–water partition coefficient (Wildman–Crippen LogP) is 2.49. The van der Waals surface area contributed by atoms with Gasteiger partial charge in [0.2, 0.25) is 0 Å². The van der Waals surface area contributed by atoms with Crippen molar-refractivity contribution in [2.45, 2.75) is 0 Å². The molecule has 0 atom stereocenters. The van der Waals surface area contributed by atoms with Crippen LogP contribution in [0.1, 0.15) is 11.1 Å². The fourth-order valence-electron chi connectivity index (χ4n) is 2.14. The maximum atomic E-state index is 12.1. The van der Waals surface area contributed by atoms with E-state index in [9.17, 15) is 4.79 Å². The van der Waals surface area contributed by atoms with Gasteiger partial charge in [0.1, 0.15) is 0 Å². The van der Waals surface area contributed by atoms with Gasteiger partial charge >= 0.3 is 0 Å². The molecule has 0 saturated heterocycles. The molecule has 98 valence electrons. The predicted molar refractivity (Wildman–Crippen MR) is 80.4 cm³/mol. The standard InChI is InChI=1S/C16H13N3O/c1-19-14-10-6-5-9-13(14)15(16(19)20)18-17-11-12-7-3-2-4-8-12/h2-11H,1H3/b17-11+,18-15-. The second kappa shape index (κ2) is 5.09. The van der Waals surface area contributed by atoms with E-state index in [4.69, 9.17) is 0 Å². The van der Waals surface area contributed by atoms with Crippen molar-refractivity contribution in [3.63, 3.8) is 0 Å². The van der Waals surface area contributed by atoms with Gasteiger partial charge in [-0.2, -0.15) is 5.10 Å². The van der Waals surface area contributed by atoms with Gasteiger partial charge in [-0.15, -0.1) is 5.10 Å². The third kappa shape index (κ3) is 2.12. The van der Waals surface area contributed by atoms with Crippen LogP contribution in [0.5, 0.6) is 0 Å². The van der Waals surface area contributed by atoms with Crippen LogP contribution in [0.3, 0.4) is 0 Å². The summed E-state index contributed by atoms with van der Waals surface area (Å²) in [4.78, 5) is 13.7. The first kappa shape index (κ1) is 12.3. The van der Waals surface area contributed by atoms with Crippen molar-refractivity contribution in [1.29, 1.82) is 0 Å². The van der Waals surface area contributed by atoms with Gasteiger partial charge in [0.15, 0.2) is 5.71 Å². The van der Waals surface area contributed by atoms with Gasteiger partial charge in [-0.3, -0.25) is 4.79 Å². The molecule has 1 aliphatic heterocycles. The molecule has 2 aromatic carbocycles. The Labute approximate surface area is 117 Å². The summed E-state index contributed by atoms with van der Waals surface area (Å²) in [6.45, 7) is 0. The number of likely N-dealkylation sites (N-methyl/N-ethyl adjacent to an activating group) is 1. The van der Waals surface area contributed by atoms with Crippen LogP contribution in [0.4, 0.5) is 5.69 Å². The number of carbonyl (C=O) groups is 1. The zero-order chi connectivity index (χ0) is 13.9. The number of para-hydroxylation sites is 1. The maximum Gasteiger partial charge on any atom is 0.279 e. The highest BCUT2D eigenvalue weighted by molar-refractivity contribution is 6.54. The second-order valence-electron chi connectivity index (χ2n) is 4.49. The van der Waals surface area contributed by atoms with E-state index in [1.807, 2.05) is 54.6 Å². The lowest BCUT2D eigenvalue weighted by atomic mass is 10.1. The van der Waals surface area contributed by atoms with E-state index in [1.165, 1.54) is 0 Å². The monoisotopic (exact) mass is 263 g/mol. The average molecular weight is 263 g/mol. The SMILES string of the molecule is CN1C(=O)/C(=N\N=C\c2ccccc2)c2ccccc21. The van der Waals surface area contributed by atoms with Crippen LogP contribution in [0, 0.1) is 0 Å². The second-order valence-corrected chi connectivity index (χ2v) is 4.49.